The van der Waals surface area contributed by atoms with Crippen LogP contribution in [0.4, 0.5) is 32.0 Å². The molecule has 5 nitrogen and oxygen atoms in total. The molecular formula is C12H5F6N3O2. The van der Waals surface area contributed by atoms with E-state index < -0.39 is 34.5 Å². The summed E-state index contributed by atoms with van der Waals surface area (Å²) < 4.78 is 75.9. The van der Waals surface area contributed by atoms with Gasteiger partial charge in [0.25, 0.3) is 5.69 Å². The number of rotatable bonds is 2. The largest absolute Gasteiger partial charge is 0.451 e. The fourth-order valence-electron chi connectivity index (χ4n) is 1.62. The van der Waals surface area contributed by atoms with Crippen molar-refractivity contribution >= 4 is 5.69 Å². The summed E-state index contributed by atoms with van der Waals surface area (Å²) >= 11 is 0. The second-order valence-corrected chi connectivity index (χ2v) is 4.26. The van der Waals surface area contributed by atoms with Crippen LogP contribution in [-0.2, 0) is 12.4 Å². The number of hydrogen-bond acceptors (Lipinski definition) is 4. The third-order valence-electron chi connectivity index (χ3n) is 2.64. The van der Waals surface area contributed by atoms with E-state index in [1.807, 2.05) is 0 Å². The third kappa shape index (κ3) is 3.73. The Morgan fingerprint density at radius 1 is 0.913 bits per heavy atom. The zero-order valence-electron chi connectivity index (χ0n) is 10.8. The van der Waals surface area contributed by atoms with Crippen LogP contribution in [0.15, 0.2) is 30.3 Å². The molecule has 2 aromatic rings. The van der Waals surface area contributed by atoms with E-state index in [4.69, 9.17) is 0 Å². The Balaban J connectivity index is 2.59. The van der Waals surface area contributed by atoms with Gasteiger partial charge in [-0.25, -0.2) is 9.97 Å². The van der Waals surface area contributed by atoms with Crippen LogP contribution < -0.4 is 0 Å². The number of alkyl halides is 6. The SMILES string of the molecule is O=[N+]([O-])c1ccc(-c2cc(C(F)(F)F)nc(C(F)(F)F)n2)cc1. The highest BCUT2D eigenvalue weighted by molar-refractivity contribution is 5.61. The van der Waals surface area contributed by atoms with Gasteiger partial charge in [0.05, 0.1) is 10.6 Å². The van der Waals surface area contributed by atoms with Crippen molar-refractivity contribution in [2.45, 2.75) is 12.4 Å². The molecule has 1 heterocycles. The van der Waals surface area contributed by atoms with Crippen LogP contribution in [0.5, 0.6) is 0 Å². The van der Waals surface area contributed by atoms with Crippen molar-refractivity contribution in [2.75, 3.05) is 0 Å². The van der Waals surface area contributed by atoms with E-state index in [0.717, 1.165) is 24.3 Å². The summed E-state index contributed by atoms with van der Waals surface area (Å²) in [4.78, 5) is 15.3. The lowest BCUT2D eigenvalue weighted by atomic mass is 10.1. The first-order chi connectivity index (χ1) is 10.5. The Bertz CT molecular complexity index is 708. The number of halogens is 6. The molecule has 0 aliphatic rings. The fourth-order valence-corrected chi connectivity index (χ4v) is 1.62. The molecule has 1 aromatic heterocycles. The van der Waals surface area contributed by atoms with Crippen molar-refractivity contribution in [1.82, 2.24) is 9.97 Å². The Kier molecular flexibility index (Phi) is 3.97. The van der Waals surface area contributed by atoms with E-state index in [-0.39, 0.29) is 11.3 Å². The Hall–Kier alpha value is -2.72. The van der Waals surface area contributed by atoms with Crippen molar-refractivity contribution in [2.24, 2.45) is 0 Å². The van der Waals surface area contributed by atoms with Crippen LogP contribution in [0.2, 0.25) is 0 Å². The van der Waals surface area contributed by atoms with Crippen molar-refractivity contribution in [3.63, 3.8) is 0 Å². The standard InChI is InChI=1S/C12H5F6N3O2/c13-11(14,15)9-5-8(19-10(20-9)12(16,17)18)6-1-3-7(4-2-6)21(22)23/h1-5H. The number of nitrogens with zero attached hydrogens (tertiary/aromatic N) is 3. The van der Waals surface area contributed by atoms with Crippen molar-refractivity contribution in [3.05, 3.63) is 52.0 Å². The molecule has 1 aromatic carbocycles. The van der Waals surface area contributed by atoms with Gasteiger partial charge in [-0.15, -0.1) is 0 Å². The lowest BCUT2D eigenvalue weighted by Crippen LogP contribution is -2.17. The van der Waals surface area contributed by atoms with Gasteiger partial charge in [0.1, 0.15) is 5.69 Å². The minimum absolute atomic E-state index is 0.144. The van der Waals surface area contributed by atoms with Gasteiger partial charge in [-0.3, -0.25) is 10.1 Å². The highest BCUT2D eigenvalue weighted by Gasteiger charge is 2.40. The maximum absolute atomic E-state index is 12.7. The Morgan fingerprint density at radius 2 is 1.48 bits per heavy atom. The first-order valence-electron chi connectivity index (χ1n) is 5.77. The van der Waals surface area contributed by atoms with Crippen LogP contribution in [0.3, 0.4) is 0 Å². The second kappa shape index (κ2) is 5.48. The molecule has 2 rings (SSSR count). The molecule has 0 saturated heterocycles. The van der Waals surface area contributed by atoms with Crippen molar-refractivity contribution in [3.8, 4) is 11.3 Å². The van der Waals surface area contributed by atoms with Gasteiger partial charge in [-0.05, 0) is 18.2 Å². The second-order valence-electron chi connectivity index (χ2n) is 4.26. The maximum atomic E-state index is 12.7. The topological polar surface area (TPSA) is 68.9 Å². The molecule has 122 valence electrons. The molecule has 0 fully saturated rings. The predicted octanol–water partition coefficient (Wildman–Crippen LogP) is 4.09. The molecule has 0 radical (unpaired) electrons. The van der Waals surface area contributed by atoms with Gasteiger partial charge in [0, 0.05) is 17.7 Å². The van der Waals surface area contributed by atoms with Crippen LogP contribution in [0, 0.1) is 10.1 Å². The third-order valence-corrected chi connectivity index (χ3v) is 2.64. The molecule has 0 unspecified atom stereocenters. The van der Waals surface area contributed by atoms with E-state index >= 15 is 0 Å². The van der Waals surface area contributed by atoms with Crippen molar-refractivity contribution < 1.29 is 31.3 Å². The van der Waals surface area contributed by atoms with E-state index in [9.17, 15) is 36.5 Å². The highest BCUT2D eigenvalue weighted by Crippen LogP contribution is 2.34. The van der Waals surface area contributed by atoms with Gasteiger partial charge in [-0.2, -0.15) is 26.3 Å². The average Bonchev–Trinajstić information content (AvgIpc) is 2.45. The molecule has 23 heavy (non-hydrogen) atoms. The van der Waals surface area contributed by atoms with Gasteiger partial charge < -0.3 is 0 Å². The molecule has 0 aliphatic carbocycles. The molecular weight excluding hydrogens is 332 g/mol. The minimum Gasteiger partial charge on any atom is -0.258 e. The molecule has 0 atom stereocenters. The summed E-state index contributed by atoms with van der Waals surface area (Å²) in [6.45, 7) is 0. The molecule has 0 aliphatic heterocycles. The average molecular weight is 337 g/mol. The summed E-state index contributed by atoms with van der Waals surface area (Å²) in [5.41, 5.74) is -2.91. The van der Waals surface area contributed by atoms with Crippen LogP contribution >= 0.6 is 0 Å². The zero-order valence-corrected chi connectivity index (χ0v) is 10.8. The number of nitro groups is 1. The lowest BCUT2D eigenvalue weighted by Gasteiger charge is -2.12. The molecule has 0 bridgehead atoms. The lowest BCUT2D eigenvalue weighted by molar-refractivity contribution is -0.384. The first kappa shape index (κ1) is 16.6. The maximum Gasteiger partial charge on any atom is 0.451 e. The van der Waals surface area contributed by atoms with E-state index in [1.165, 1.54) is 0 Å². The summed E-state index contributed by atoms with van der Waals surface area (Å²) in [7, 11) is 0. The zero-order chi connectivity index (χ0) is 17.4. The predicted molar refractivity (Wildman–Crippen MR) is 64.1 cm³/mol. The van der Waals surface area contributed by atoms with Gasteiger partial charge >= 0.3 is 12.4 Å². The molecule has 0 amide bonds. The van der Waals surface area contributed by atoms with E-state index in [0.29, 0.717) is 6.07 Å². The number of nitro benzene ring substituents is 1. The minimum atomic E-state index is -5.17. The highest BCUT2D eigenvalue weighted by atomic mass is 19.4. The van der Waals surface area contributed by atoms with Crippen molar-refractivity contribution in [1.29, 1.82) is 0 Å². The smallest absolute Gasteiger partial charge is 0.258 e. The number of aromatic nitrogens is 2. The summed E-state index contributed by atoms with van der Waals surface area (Å²) in [5, 5.41) is 10.5. The van der Waals surface area contributed by atoms with Gasteiger partial charge in [-0.1, -0.05) is 0 Å². The quantitative estimate of drug-likeness (QED) is 0.470. The number of hydrogen-bond donors (Lipinski definition) is 0. The van der Waals surface area contributed by atoms with Crippen LogP contribution in [0.1, 0.15) is 11.5 Å². The first-order valence-corrected chi connectivity index (χ1v) is 5.77. The molecule has 0 spiro atoms. The molecule has 0 N–H and O–H groups in total. The Morgan fingerprint density at radius 3 is 1.91 bits per heavy atom. The van der Waals surface area contributed by atoms with Crippen LogP contribution in [0.25, 0.3) is 11.3 Å². The Labute approximate surface area is 123 Å². The molecule has 0 saturated carbocycles. The van der Waals surface area contributed by atoms with Gasteiger partial charge in [0.2, 0.25) is 5.82 Å². The fraction of sp³-hybridized carbons (Fsp3) is 0.167. The summed E-state index contributed by atoms with van der Waals surface area (Å²) in [6.07, 6.45) is -10.3. The van der Waals surface area contributed by atoms with Gasteiger partial charge in [0.15, 0.2) is 0 Å². The normalized spacial score (nSPS) is 12.3. The summed E-state index contributed by atoms with van der Waals surface area (Å²) in [5.74, 6) is -1.94. The summed E-state index contributed by atoms with van der Waals surface area (Å²) in [6, 6.07) is 4.23. The number of benzene rings is 1. The van der Waals surface area contributed by atoms with E-state index in [2.05, 4.69) is 9.97 Å². The van der Waals surface area contributed by atoms with Crippen LogP contribution in [-0.4, -0.2) is 14.9 Å². The van der Waals surface area contributed by atoms with E-state index in [1.54, 1.807) is 0 Å². The monoisotopic (exact) mass is 337 g/mol. The molecule has 11 heteroatoms. The number of non-ortho nitro benzene ring substituents is 1.